The Morgan fingerprint density at radius 2 is 2.27 bits per heavy atom. The van der Waals surface area contributed by atoms with Crippen molar-refractivity contribution in [1.29, 1.82) is 0 Å². The number of nitrogens with one attached hydrogen (secondary N) is 1. The summed E-state index contributed by atoms with van der Waals surface area (Å²) in [5, 5.41) is 3.04. The molecule has 0 fully saturated rings. The highest BCUT2D eigenvalue weighted by Gasteiger charge is 2.03. The molecule has 0 unspecified atom stereocenters. The van der Waals surface area contributed by atoms with Crippen LogP contribution >= 0.6 is 15.9 Å². The molecule has 1 aromatic heterocycles. The van der Waals surface area contributed by atoms with E-state index in [1.807, 2.05) is 0 Å². The zero-order valence-corrected chi connectivity index (χ0v) is 10.3. The molecule has 1 heterocycles. The smallest absolute Gasteiger partial charge is 0.223 e. The number of amides is 1. The van der Waals surface area contributed by atoms with Gasteiger partial charge in [-0.05, 0) is 15.9 Å². The van der Waals surface area contributed by atoms with Crippen LogP contribution in [0.3, 0.4) is 0 Å². The number of hydrogen-bond donors (Lipinski definition) is 1. The number of carbonyl (C=O) groups excluding carboxylic acids is 1. The second kappa shape index (κ2) is 5.65. The van der Waals surface area contributed by atoms with Crippen molar-refractivity contribution in [3.05, 3.63) is 17.0 Å². The fraction of sp³-hybridized carbons (Fsp3) is 0.444. The number of nitrogens with zero attached hydrogens (tertiary/aromatic N) is 3. The summed E-state index contributed by atoms with van der Waals surface area (Å²) >= 11 is 3.24. The summed E-state index contributed by atoms with van der Waals surface area (Å²) < 4.78 is 0.721. The van der Waals surface area contributed by atoms with Crippen LogP contribution in [0.15, 0.2) is 17.0 Å². The van der Waals surface area contributed by atoms with Crippen LogP contribution in [0, 0.1) is 0 Å². The predicted octanol–water partition coefficient (Wildman–Crippen LogP) is 1.13. The number of rotatable bonds is 4. The van der Waals surface area contributed by atoms with Gasteiger partial charge >= 0.3 is 0 Å². The molecule has 5 nitrogen and oxygen atoms in total. The molecule has 0 aromatic carbocycles. The van der Waals surface area contributed by atoms with E-state index in [1.54, 1.807) is 25.1 Å². The van der Waals surface area contributed by atoms with Gasteiger partial charge in [0.1, 0.15) is 16.7 Å². The van der Waals surface area contributed by atoms with Crippen molar-refractivity contribution >= 4 is 27.7 Å². The minimum Gasteiger partial charge on any atom is -0.369 e. The molecule has 1 N–H and O–H groups in total. The average molecular weight is 273 g/mol. The number of aromatic nitrogens is 2. The fourth-order valence-corrected chi connectivity index (χ4v) is 1.26. The van der Waals surface area contributed by atoms with Gasteiger partial charge in [-0.1, -0.05) is 0 Å². The highest BCUT2D eigenvalue weighted by molar-refractivity contribution is 9.10. The van der Waals surface area contributed by atoms with E-state index in [0.29, 0.717) is 18.8 Å². The Labute approximate surface area is 97.0 Å². The van der Waals surface area contributed by atoms with Gasteiger partial charge in [-0.3, -0.25) is 4.79 Å². The Bertz CT molecular complexity index is 343. The first-order chi connectivity index (χ1) is 7.09. The monoisotopic (exact) mass is 272 g/mol. The molecule has 82 valence electrons. The number of anilines is 1. The van der Waals surface area contributed by atoms with Gasteiger partial charge in [0.05, 0.1) is 0 Å². The van der Waals surface area contributed by atoms with Gasteiger partial charge in [-0.15, -0.1) is 0 Å². The second-order valence-electron chi connectivity index (χ2n) is 3.19. The molecule has 0 saturated heterocycles. The van der Waals surface area contributed by atoms with Gasteiger partial charge in [0, 0.05) is 33.1 Å². The molecule has 0 atom stereocenters. The maximum Gasteiger partial charge on any atom is 0.223 e. The topological polar surface area (TPSA) is 58.1 Å². The Kier molecular flexibility index (Phi) is 4.48. The number of carbonyl (C=O) groups is 1. The predicted molar refractivity (Wildman–Crippen MR) is 61.5 cm³/mol. The average Bonchev–Trinajstić information content (AvgIpc) is 2.17. The summed E-state index contributed by atoms with van der Waals surface area (Å²) in [7, 11) is 3.48. The lowest BCUT2D eigenvalue weighted by Crippen LogP contribution is -2.24. The maximum absolute atomic E-state index is 11.2. The maximum atomic E-state index is 11.2. The number of hydrogen-bond acceptors (Lipinski definition) is 4. The molecule has 0 aliphatic rings. The summed E-state index contributed by atoms with van der Waals surface area (Å²) in [6.07, 6.45) is 1.91. The van der Waals surface area contributed by atoms with Crippen LogP contribution < -0.4 is 5.32 Å². The molecule has 0 bridgehead atoms. The van der Waals surface area contributed by atoms with Gasteiger partial charge < -0.3 is 10.2 Å². The zero-order chi connectivity index (χ0) is 11.3. The van der Waals surface area contributed by atoms with Crippen molar-refractivity contribution in [2.24, 2.45) is 0 Å². The molecule has 0 aliphatic heterocycles. The summed E-state index contributed by atoms with van der Waals surface area (Å²) in [5.41, 5.74) is 0. The lowest BCUT2D eigenvalue weighted by Gasteiger charge is -2.10. The fourth-order valence-electron chi connectivity index (χ4n) is 0.951. The quantitative estimate of drug-likeness (QED) is 0.835. The first kappa shape index (κ1) is 11.9. The minimum atomic E-state index is 0.0932. The van der Waals surface area contributed by atoms with E-state index in [-0.39, 0.29) is 5.91 Å². The SMILES string of the molecule is CN(C)C(=O)CCNc1cc(Br)ncn1. The minimum absolute atomic E-state index is 0.0932. The van der Waals surface area contributed by atoms with E-state index in [1.165, 1.54) is 6.33 Å². The van der Waals surface area contributed by atoms with Crippen molar-refractivity contribution in [2.75, 3.05) is 26.0 Å². The zero-order valence-electron chi connectivity index (χ0n) is 8.70. The van der Waals surface area contributed by atoms with Crippen LogP contribution in [0.5, 0.6) is 0 Å². The normalized spacial score (nSPS) is 9.80. The first-order valence-corrected chi connectivity index (χ1v) is 5.30. The van der Waals surface area contributed by atoms with Gasteiger partial charge in [-0.2, -0.15) is 0 Å². The van der Waals surface area contributed by atoms with Crippen LogP contribution in [-0.2, 0) is 4.79 Å². The van der Waals surface area contributed by atoms with E-state index < -0.39 is 0 Å². The number of halogens is 1. The van der Waals surface area contributed by atoms with Crippen molar-refractivity contribution in [3.8, 4) is 0 Å². The van der Waals surface area contributed by atoms with Crippen LogP contribution in [0.25, 0.3) is 0 Å². The van der Waals surface area contributed by atoms with Gasteiger partial charge in [-0.25, -0.2) is 9.97 Å². The Balaban J connectivity index is 2.35. The van der Waals surface area contributed by atoms with Crippen LogP contribution in [0.1, 0.15) is 6.42 Å². The van der Waals surface area contributed by atoms with Crippen LogP contribution in [0.2, 0.25) is 0 Å². The highest BCUT2D eigenvalue weighted by atomic mass is 79.9. The van der Waals surface area contributed by atoms with Crippen molar-refractivity contribution in [2.45, 2.75) is 6.42 Å². The van der Waals surface area contributed by atoms with E-state index in [9.17, 15) is 4.79 Å². The Hall–Kier alpha value is -1.17. The van der Waals surface area contributed by atoms with E-state index in [2.05, 4.69) is 31.2 Å². The Morgan fingerprint density at radius 1 is 1.53 bits per heavy atom. The molecular weight excluding hydrogens is 260 g/mol. The molecule has 0 aliphatic carbocycles. The summed E-state index contributed by atoms with van der Waals surface area (Å²) in [5.74, 6) is 0.805. The van der Waals surface area contributed by atoms with Gasteiger partial charge in [0.2, 0.25) is 5.91 Å². The molecule has 6 heteroatoms. The summed E-state index contributed by atoms with van der Waals surface area (Å²) in [6, 6.07) is 1.76. The first-order valence-electron chi connectivity index (χ1n) is 4.51. The molecular formula is C9H13BrN4O. The molecule has 0 saturated carbocycles. The third kappa shape index (κ3) is 4.24. The lowest BCUT2D eigenvalue weighted by atomic mass is 10.4. The van der Waals surface area contributed by atoms with Gasteiger partial charge in [0.15, 0.2) is 0 Å². The van der Waals surface area contributed by atoms with E-state index >= 15 is 0 Å². The summed E-state index contributed by atoms with van der Waals surface area (Å²) in [6.45, 7) is 0.570. The molecule has 1 amide bonds. The van der Waals surface area contributed by atoms with Crippen molar-refractivity contribution < 1.29 is 4.79 Å². The van der Waals surface area contributed by atoms with Crippen LogP contribution in [0.4, 0.5) is 5.82 Å². The van der Waals surface area contributed by atoms with Crippen molar-refractivity contribution in [1.82, 2.24) is 14.9 Å². The largest absolute Gasteiger partial charge is 0.369 e. The van der Waals surface area contributed by atoms with E-state index in [0.717, 1.165) is 4.60 Å². The van der Waals surface area contributed by atoms with Crippen molar-refractivity contribution in [3.63, 3.8) is 0 Å². The third-order valence-electron chi connectivity index (χ3n) is 1.78. The molecule has 0 spiro atoms. The highest BCUT2D eigenvalue weighted by Crippen LogP contribution is 2.09. The molecule has 1 aromatic rings. The van der Waals surface area contributed by atoms with E-state index in [4.69, 9.17) is 0 Å². The van der Waals surface area contributed by atoms with Crippen LogP contribution in [-0.4, -0.2) is 41.4 Å². The molecule has 0 radical (unpaired) electrons. The Morgan fingerprint density at radius 3 is 2.87 bits per heavy atom. The standard InChI is InChI=1S/C9H13BrN4O/c1-14(2)9(15)3-4-11-8-5-7(10)12-6-13-8/h5-6H,3-4H2,1-2H3,(H,11,12,13). The lowest BCUT2D eigenvalue weighted by molar-refractivity contribution is -0.128. The molecule has 1 rings (SSSR count). The summed E-state index contributed by atoms with van der Waals surface area (Å²) in [4.78, 5) is 20.7. The third-order valence-corrected chi connectivity index (χ3v) is 2.21. The van der Waals surface area contributed by atoms with Gasteiger partial charge in [0.25, 0.3) is 0 Å². The second-order valence-corrected chi connectivity index (χ2v) is 4.00. The molecule has 15 heavy (non-hydrogen) atoms.